The summed E-state index contributed by atoms with van der Waals surface area (Å²) in [5.41, 5.74) is 4.16. The van der Waals surface area contributed by atoms with Crippen molar-refractivity contribution in [1.29, 1.82) is 0 Å². The van der Waals surface area contributed by atoms with Gasteiger partial charge in [0.25, 0.3) is 0 Å². The highest BCUT2D eigenvalue weighted by molar-refractivity contribution is 7.80. The van der Waals surface area contributed by atoms with Gasteiger partial charge >= 0.3 is 0 Å². The first-order valence-electron chi connectivity index (χ1n) is 10.9. The average Bonchev–Trinajstić information content (AvgIpc) is 2.88. The number of hydrogen-bond acceptors (Lipinski definition) is 8. The summed E-state index contributed by atoms with van der Waals surface area (Å²) in [7, 11) is 0. The number of hydrogen-bond donors (Lipinski definition) is 1. The van der Waals surface area contributed by atoms with E-state index in [2.05, 4.69) is 39.1 Å². The Hall–Kier alpha value is -2.70. The fraction of sp³-hybridized carbons (Fsp3) is 0.409. The summed E-state index contributed by atoms with van der Waals surface area (Å²) in [6.45, 7) is 4.91. The summed E-state index contributed by atoms with van der Waals surface area (Å²) < 4.78 is 30.5. The zero-order chi connectivity index (χ0) is 22.6. The van der Waals surface area contributed by atoms with Crippen molar-refractivity contribution in [3.8, 4) is 17.1 Å². The molecule has 174 valence electrons. The molecule has 1 unspecified atom stereocenters. The minimum Gasteiger partial charge on any atom is -0.473 e. The first-order valence-corrected chi connectivity index (χ1v) is 12.0. The summed E-state index contributed by atoms with van der Waals surface area (Å²) in [5.74, 6) is 0.391. The molecule has 4 heterocycles. The fourth-order valence-electron chi connectivity index (χ4n) is 3.98. The molecule has 11 heteroatoms. The maximum atomic E-state index is 11.6. The lowest BCUT2D eigenvalue weighted by molar-refractivity contribution is -0.0242. The van der Waals surface area contributed by atoms with Crippen LogP contribution in [0.15, 0.2) is 42.7 Å². The van der Waals surface area contributed by atoms with Gasteiger partial charge in [-0.15, -0.1) is 0 Å². The molecule has 5 rings (SSSR count). The van der Waals surface area contributed by atoms with E-state index in [4.69, 9.17) is 24.3 Å². The molecule has 33 heavy (non-hydrogen) atoms. The van der Waals surface area contributed by atoms with Crippen molar-refractivity contribution in [3.05, 3.63) is 42.7 Å². The van der Waals surface area contributed by atoms with Crippen LogP contribution in [-0.2, 0) is 20.6 Å². The predicted molar refractivity (Wildman–Crippen MR) is 125 cm³/mol. The molecule has 3 aromatic rings. The number of anilines is 1. The molecule has 2 atom stereocenters. The van der Waals surface area contributed by atoms with E-state index in [-0.39, 0.29) is 12.7 Å². The van der Waals surface area contributed by atoms with E-state index in [0.29, 0.717) is 36.6 Å². The molecule has 0 bridgehead atoms. The second kappa shape index (κ2) is 10.1. The molecule has 0 amide bonds. The van der Waals surface area contributed by atoms with Crippen LogP contribution in [0.25, 0.3) is 22.3 Å². The Balaban J connectivity index is 1.37. The Morgan fingerprint density at radius 1 is 1.09 bits per heavy atom. The predicted octanol–water partition coefficient (Wildman–Crippen LogP) is 1.15. The lowest BCUT2D eigenvalue weighted by Gasteiger charge is -2.30. The Kier molecular flexibility index (Phi) is 6.74. The molecule has 0 spiro atoms. The summed E-state index contributed by atoms with van der Waals surface area (Å²) in [4.78, 5) is 15.9. The standard InChI is InChI=1S/C22H26N6O4S/c23-33(29)28-9-12-31-18(14-28)15-32-22-21-20(24-5-6-25-21)13-19(26-22)16-1-3-17(4-2-16)27-7-10-30-11-8-27/h1-6,13,18H,7-12,14-15,23H2/t18-,33?/m0/s1. The van der Waals surface area contributed by atoms with Crippen molar-refractivity contribution < 1.29 is 18.4 Å². The van der Waals surface area contributed by atoms with Crippen molar-refractivity contribution >= 4 is 27.9 Å². The van der Waals surface area contributed by atoms with Gasteiger partial charge in [0.05, 0.1) is 31.0 Å². The molecule has 2 saturated heterocycles. The van der Waals surface area contributed by atoms with Crippen LogP contribution in [-0.4, -0.2) is 82.2 Å². The van der Waals surface area contributed by atoms with Crippen molar-refractivity contribution in [3.63, 3.8) is 0 Å². The zero-order valence-electron chi connectivity index (χ0n) is 18.1. The van der Waals surface area contributed by atoms with Gasteiger partial charge in [0, 0.05) is 49.8 Å². The highest BCUT2D eigenvalue weighted by atomic mass is 32.2. The quantitative estimate of drug-likeness (QED) is 0.570. The molecule has 0 radical (unpaired) electrons. The Labute approximate surface area is 194 Å². The number of pyridine rings is 1. The molecule has 0 saturated carbocycles. The average molecular weight is 471 g/mol. The number of rotatable bonds is 6. The smallest absolute Gasteiger partial charge is 0.242 e. The van der Waals surface area contributed by atoms with Gasteiger partial charge in [0.15, 0.2) is 16.7 Å². The molecule has 2 N–H and O–H groups in total. The minimum atomic E-state index is -1.53. The largest absolute Gasteiger partial charge is 0.473 e. The summed E-state index contributed by atoms with van der Waals surface area (Å²) in [6, 6.07) is 10.2. The van der Waals surface area contributed by atoms with Crippen LogP contribution < -0.4 is 14.8 Å². The molecular formula is C22H26N6O4S. The summed E-state index contributed by atoms with van der Waals surface area (Å²) >= 11 is -1.53. The van der Waals surface area contributed by atoms with Crippen LogP contribution in [0.4, 0.5) is 5.69 Å². The second-order valence-electron chi connectivity index (χ2n) is 7.85. The molecular weight excluding hydrogens is 444 g/mol. The van der Waals surface area contributed by atoms with E-state index in [1.165, 1.54) is 0 Å². The monoisotopic (exact) mass is 470 g/mol. The summed E-state index contributed by atoms with van der Waals surface area (Å²) in [6.07, 6.45) is 3.00. The first-order chi connectivity index (χ1) is 16.2. The molecule has 10 nitrogen and oxygen atoms in total. The molecule has 2 aliphatic rings. The van der Waals surface area contributed by atoms with Crippen molar-refractivity contribution in [1.82, 2.24) is 19.3 Å². The number of ether oxygens (including phenoxy) is 3. The van der Waals surface area contributed by atoms with Gasteiger partial charge in [-0.25, -0.2) is 23.6 Å². The molecule has 2 aromatic heterocycles. The molecule has 0 aliphatic carbocycles. The van der Waals surface area contributed by atoms with E-state index in [0.717, 1.165) is 43.2 Å². The van der Waals surface area contributed by atoms with Gasteiger partial charge in [-0.05, 0) is 18.2 Å². The normalized spacial score (nSPS) is 20.6. The lowest BCUT2D eigenvalue weighted by atomic mass is 10.1. The number of nitrogens with zero attached hydrogens (tertiary/aromatic N) is 5. The SMILES string of the molecule is NS(=O)N1CCO[C@H](COc2nc(-c3ccc(N4CCOCC4)cc3)cc3nccnc23)C1. The molecule has 1 aromatic carbocycles. The highest BCUT2D eigenvalue weighted by Crippen LogP contribution is 2.28. The van der Waals surface area contributed by atoms with E-state index in [9.17, 15) is 4.21 Å². The number of benzene rings is 1. The van der Waals surface area contributed by atoms with E-state index in [1.54, 1.807) is 16.7 Å². The van der Waals surface area contributed by atoms with Crippen LogP contribution in [0.3, 0.4) is 0 Å². The van der Waals surface area contributed by atoms with Crippen molar-refractivity contribution in [2.24, 2.45) is 5.14 Å². The zero-order valence-corrected chi connectivity index (χ0v) is 18.9. The highest BCUT2D eigenvalue weighted by Gasteiger charge is 2.24. The van der Waals surface area contributed by atoms with Crippen LogP contribution in [0, 0.1) is 0 Å². The Morgan fingerprint density at radius 2 is 1.88 bits per heavy atom. The van der Waals surface area contributed by atoms with Crippen LogP contribution in [0.2, 0.25) is 0 Å². The number of nitrogens with two attached hydrogens (primary N) is 1. The maximum absolute atomic E-state index is 11.6. The van der Waals surface area contributed by atoms with Gasteiger partial charge in [0.1, 0.15) is 12.7 Å². The van der Waals surface area contributed by atoms with Gasteiger partial charge < -0.3 is 19.1 Å². The van der Waals surface area contributed by atoms with Crippen LogP contribution >= 0.6 is 0 Å². The molecule has 2 fully saturated rings. The minimum absolute atomic E-state index is 0.242. The van der Waals surface area contributed by atoms with Gasteiger partial charge in [-0.2, -0.15) is 0 Å². The van der Waals surface area contributed by atoms with Crippen molar-refractivity contribution in [2.45, 2.75) is 6.10 Å². The van der Waals surface area contributed by atoms with E-state index in [1.807, 2.05) is 6.07 Å². The van der Waals surface area contributed by atoms with Gasteiger partial charge in [-0.1, -0.05) is 12.1 Å². The summed E-state index contributed by atoms with van der Waals surface area (Å²) in [5, 5.41) is 5.52. The van der Waals surface area contributed by atoms with Gasteiger partial charge in [0.2, 0.25) is 5.88 Å². The van der Waals surface area contributed by atoms with Crippen LogP contribution in [0.5, 0.6) is 5.88 Å². The number of fused-ring (bicyclic) bond motifs is 1. The van der Waals surface area contributed by atoms with Crippen molar-refractivity contribution in [2.75, 3.05) is 57.5 Å². The third-order valence-corrected chi connectivity index (χ3v) is 6.57. The number of aromatic nitrogens is 3. The molecule has 2 aliphatic heterocycles. The second-order valence-corrected chi connectivity index (χ2v) is 8.92. The Morgan fingerprint density at radius 3 is 2.67 bits per heavy atom. The van der Waals surface area contributed by atoms with Gasteiger partial charge in [-0.3, -0.25) is 4.98 Å². The van der Waals surface area contributed by atoms with E-state index < -0.39 is 11.2 Å². The van der Waals surface area contributed by atoms with Crippen LogP contribution in [0.1, 0.15) is 0 Å². The maximum Gasteiger partial charge on any atom is 0.242 e. The number of morpholine rings is 2. The van der Waals surface area contributed by atoms with E-state index >= 15 is 0 Å². The third-order valence-electron chi connectivity index (χ3n) is 5.73. The first kappa shape index (κ1) is 22.1. The fourth-order valence-corrected chi connectivity index (χ4v) is 4.55. The lowest BCUT2D eigenvalue weighted by Crippen LogP contribution is -2.47. The topological polar surface area (TPSA) is 116 Å². The Bertz CT molecular complexity index is 1130. The third kappa shape index (κ3) is 5.12.